The molecule has 0 aromatic carbocycles. The molecule has 2 atom stereocenters. The smallest absolute Gasteiger partial charge is 0.274 e. The van der Waals surface area contributed by atoms with Gasteiger partial charge in [-0.2, -0.15) is 11.8 Å². The lowest BCUT2D eigenvalue weighted by Gasteiger charge is -2.21. The van der Waals surface area contributed by atoms with Crippen LogP contribution in [0.25, 0.3) is 0 Å². The quantitative estimate of drug-likeness (QED) is 0.327. The standard InChI is InChI=1S/C13H20N4O6S/c1-7-4-8(17-23-7)11(18)15-10(6-24-3)12(19)14-9(5-22-2)13(20)16-21/h4,9-10,21H,5-6H2,1-3H3,(H,14,19)(H,15,18)(H,16,20)/t9-,10+/m0/s1. The third kappa shape index (κ3) is 5.83. The van der Waals surface area contributed by atoms with E-state index in [4.69, 9.17) is 14.5 Å². The topological polar surface area (TPSA) is 143 Å². The largest absolute Gasteiger partial charge is 0.382 e. The molecule has 4 N–H and O–H groups in total. The van der Waals surface area contributed by atoms with Crippen molar-refractivity contribution in [2.24, 2.45) is 0 Å². The molecule has 0 bridgehead atoms. The highest BCUT2D eigenvalue weighted by Gasteiger charge is 2.27. The van der Waals surface area contributed by atoms with Gasteiger partial charge in [0, 0.05) is 18.9 Å². The second-order valence-electron chi connectivity index (χ2n) is 4.80. The fourth-order valence-corrected chi connectivity index (χ4v) is 2.32. The molecule has 1 aromatic rings. The Labute approximate surface area is 142 Å². The van der Waals surface area contributed by atoms with E-state index in [9.17, 15) is 14.4 Å². The molecule has 0 aliphatic heterocycles. The first-order valence-electron chi connectivity index (χ1n) is 6.89. The van der Waals surface area contributed by atoms with Gasteiger partial charge in [-0.05, 0) is 13.2 Å². The highest BCUT2D eigenvalue weighted by molar-refractivity contribution is 7.98. The third-order valence-electron chi connectivity index (χ3n) is 2.89. The van der Waals surface area contributed by atoms with Crippen LogP contribution in [-0.4, -0.2) is 65.9 Å². The summed E-state index contributed by atoms with van der Waals surface area (Å²) in [6.45, 7) is 1.50. The zero-order valence-corrected chi connectivity index (χ0v) is 14.3. The molecule has 3 amide bonds. The number of nitrogens with zero attached hydrogens (tertiary/aromatic N) is 1. The number of aromatic nitrogens is 1. The molecule has 0 aliphatic rings. The Morgan fingerprint density at radius 1 is 1.33 bits per heavy atom. The number of ether oxygens (including phenoxy) is 1. The van der Waals surface area contributed by atoms with Gasteiger partial charge in [-0.25, -0.2) is 5.48 Å². The maximum Gasteiger partial charge on any atom is 0.274 e. The SMILES string of the molecule is COC[C@H](NC(=O)[C@@H](CSC)NC(=O)c1cc(C)on1)C(=O)NO. The molecule has 0 fully saturated rings. The molecule has 0 unspecified atom stereocenters. The van der Waals surface area contributed by atoms with Crippen LogP contribution in [0.4, 0.5) is 0 Å². The summed E-state index contributed by atoms with van der Waals surface area (Å²) in [7, 11) is 1.35. The zero-order chi connectivity index (χ0) is 18.1. The van der Waals surface area contributed by atoms with Crippen molar-refractivity contribution in [2.75, 3.05) is 25.7 Å². The van der Waals surface area contributed by atoms with E-state index in [0.717, 1.165) is 0 Å². The van der Waals surface area contributed by atoms with Crippen molar-refractivity contribution in [2.45, 2.75) is 19.0 Å². The first-order valence-corrected chi connectivity index (χ1v) is 8.28. The maximum atomic E-state index is 12.3. The number of methoxy groups -OCH3 is 1. The van der Waals surface area contributed by atoms with E-state index in [-0.39, 0.29) is 18.1 Å². The average molecular weight is 360 g/mol. The Morgan fingerprint density at radius 3 is 2.54 bits per heavy atom. The van der Waals surface area contributed by atoms with E-state index >= 15 is 0 Å². The summed E-state index contributed by atoms with van der Waals surface area (Å²) in [6, 6.07) is -0.561. The number of hydroxylamine groups is 1. The lowest BCUT2D eigenvalue weighted by Crippen LogP contribution is -2.55. The Hall–Kier alpha value is -2.11. The molecule has 134 valence electrons. The van der Waals surface area contributed by atoms with Crippen LogP contribution in [0.5, 0.6) is 0 Å². The summed E-state index contributed by atoms with van der Waals surface area (Å²) in [4.78, 5) is 35.9. The number of carbonyl (C=O) groups is 3. The van der Waals surface area contributed by atoms with Crippen LogP contribution in [0.1, 0.15) is 16.2 Å². The third-order valence-corrected chi connectivity index (χ3v) is 3.56. The number of hydrogen-bond acceptors (Lipinski definition) is 8. The van der Waals surface area contributed by atoms with Gasteiger partial charge in [0.2, 0.25) is 5.91 Å². The summed E-state index contributed by atoms with van der Waals surface area (Å²) in [5.74, 6) is -1.26. The van der Waals surface area contributed by atoms with Crippen molar-refractivity contribution in [3.05, 3.63) is 17.5 Å². The second-order valence-corrected chi connectivity index (χ2v) is 5.71. The number of carbonyl (C=O) groups excluding carboxylic acids is 3. The summed E-state index contributed by atoms with van der Waals surface area (Å²) < 4.78 is 9.64. The van der Waals surface area contributed by atoms with Crippen LogP contribution >= 0.6 is 11.8 Å². The van der Waals surface area contributed by atoms with Crippen LogP contribution < -0.4 is 16.1 Å². The normalized spacial score (nSPS) is 13.0. The fraction of sp³-hybridized carbons (Fsp3) is 0.538. The second kappa shape index (κ2) is 9.90. The van der Waals surface area contributed by atoms with E-state index < -0.39 is 29.8 Å². The lowest BCUT2D eigenvalue weighted by molar-refractivity contribution is -0.136. The number of nitrogens with one attached hydrogen (secondary N) is 3. The Bertz CT molecular complexity index is 579. The van der Waals surface area contributed by atoms with Gasteiger partial charge in [-0.15, -0.1) is 0 Å². The summed E-state index contributed by atoms with van der Waals surface area (Å²) in [6.07, 6.45) is 1.76. The molecular formula is C13H20N4O6S. The first-order chi connectivity index (χ1) is 11.4. The van der Waals surface area contributed by atoms with Crippen LogP contribution in [-0.2, 0) is 14.3 Å². The number of rotatable bonds is 9. The maximum absolute atomic E-state index is 12.3. The van der Waals surface area contributed by atoms with Gasteiger partial charge >= 0.3 is 0 Å². The van der Waals surface area contributed by atoms with Crippen molar-refractivity contribution < 1.29 is 28.9 Å². The average Bonchev–Trinajstić information content (AvgIpc) is 2.99. The Morgan fingerprint density at radius 2 is 2.04 bits per heavy atom. The van der Waals surface area contributed by atoms with Gasteiger partial charge in [-0.1, -0.05) is 5.16 Å². The van der Waals surface area contributed by atoms with Crippen molar-refractivity contribution in [3.8, 4) is 0 Å². The van der Waals surface area contributed by atoms with Gasteiger partial charge in [0.05, 0.1) is 6.61 Å². The molecule has 1 aromatic heterocycles. The van der Waals surface area contributed by atoms with Crippen molar-refractivity contribution in [1.82, 2.24) is 21.3 Å². The summed E-state index contributed by atoms with van der Waals surface area (Å²) in [5.41, 5.74) is 1.50. The Balaban J connectivity index is 2.76. The number of thioether (sulfide) groups is 1. The molecule has 0 saturated carbocycles. The van der Waals surface area contributed by atoms with Gasteiger partial charge in [-0.3, -0.25) is 19.6 Å². The van der Waals surface area contributed by atoms with Gasteiger partial charge in [0.15, 0.2) is 5.69 Å². The predicted molar refractivity (Wildman–Crippen MR) is 84.6 cm³/mol. The van der Waals surface area contributed by atoms with Crippen molar-refractivity contribution in [3.63, 3.8) is 0 Å². The van der Waals surface area contributed by atoms with Crippen LogP contribution in [0.2, 0.25) is 0 Å². The molecule has 10 nitrogen and oxygen atoms in total. The number of hydrogen-bond donors (Lipinski definition) is 4. The molecule has 0 aliphatic carbocycles. The van der Waals surface area contributed by atoms with Crippen LogP contribution in [0.15, 0.2) is 10.6 Å². The highest BCUT2D eigenvalue weighted by Crippen LogP contribution is 2.04. The fourth-order valence-electron chi connectivity index (χ4n) is 1.75. The molecule has 0 spiro atoms. The van der Waals surface area contributed by atoms with E-state index in [1.807, 2.05) is 0 Å². The molecule has 1 heterocycles. The molecule has 11 heteroatoms. The van der Waals surface area contributed by atoms with E-state index in [2.05, 4.69) is 15.8 Å². The minimum atomic E-state index is -1.09. The van der Waals surface area contributed by atoms with Crippen LogP contribution in [0.3, 0.4) is 0 Å². The van der Waals surface area contributed by atoms with E-state index in [1.165, 1.54) is 30.4 Å². The van der Waals surface area contributed by atoms with Gasteiger partial charge < -0.3 is 19.9 Å². The van der Waals surface area contributed by atoms with Gasteiger partial charge in [0.1, 0.15) is 17.8 Å². The zero-order valence-electron chi connectivity index (χ0n) is 13.5. The summed E-state index contributed by atoms with van der Waals surface area (Å²) >= 11 is 1.33. The van der Waals surface area contributed by atoms with Crippen molar-refractivity contribution >= 4 is 29.5 Å². The van der Waals surface area contributed by atoms with Crippen molar-refractivity contribution in [1.29, 1.82) is 0 Å². The minimum absolute atomic E-state index is 0.0490. The molecule has 24 heavy (non-hydrogen) atoms. The van der Waals surface area contributed by atoms with Crippen LogP contribution in [0, 0.1) is 6.92 Å². The monoisotopic (exact) mass is 360 g/mol. The molecule has 1 rings (SSSR count). The lowest BCUT2D eigenvalue weighted by atomic mass is 10.2. The summed E-state index contributed by atoms with van der Waals surface area (Å²) in [5, 5.41) is 17.2. The van der Waals surface area contributed by atoms with Gasteiger partial charge in [0.25, 0.3) is 11.8 Å². The van der Waals surface area contributed by atoms with E-state index in [0.29, 0.717) is 5.76 Å². The molecule has 0 saturated heterocycles. The number of aryl methyl sites for hydroxylation is 1. The predicted octanol–water partition coefficient (Wildman–Crippen LogP) is -0.919. The molecule has 0 radical (unpaired) electrons. The first kappa shape index (κ1) is 19.9. The van der Waals surface area contributed by atoms with E-state index in [1.54, 1.807) is 13.2 Å². The minimum Gasteiger partial charge on any atom is -0.382 e. The highest BCUT2D eigenvalue weighted by atomic mass is 32.2. The Kier molecular flexibility index (Phi) is 8.22. The molecular weight excluding hydrogens is 340 g/mol. The number of amides is 3.